The highest BCUT2D eigenvalue weighted by molar-refractivity contribution is 6.40. The van der Waals surface area contributed by atoms with Crippen LogP contribution in [0.15, 0.2) is 83.5 Å². The second-order valence-corrected chi connectivity index (χ2v) is 10.8. The van der Waals surface area contributed by atoms with E-state index < -0.39 is 29.7 Å². The van der Waals surface area contributed by atoms with Gasteiger partial charge in [-0.15, -0.1) is 5.10 Å². The van der Waals surface area contributed by atoms with E-state index in [2.05, 4.69) is 31.5 Å². The zero-order chi connectivity index (χ0) is 31.9. The SMILES string of the molecule is Cc1ccc(-n2cnnn2)c(NC(=O)C(=O)N[C@@H](Cc2ccccc2)C(=O)Nc2ccc3oc(C(=O)OCC(C)C)cc3c2)c1. The van der Waals surface area contributed by atoms with Crippen LogP contribution in [0.4, 0.5) is 11.4 Å². The van der Waals surface area contributed by atoms with Crippen LogP contribution in [0.25, 0.3) is 16.7 Å². The minimum Gasteiger partial charge on any atom is -0.460 e. The third kappa shape index (κ3) is 7.76. The van der Waals surface area contributed by atoms with Gasteiger partial charge in [0.25, 0.3) is 0 Å². The lowest BCUT2D eigenvalue weighted by Crippen LogP contribution is -2.49. The first-order chi connectivity index (χ1) is 21.7. The van der Waals surface area contributed by atoms with Gasteiger partial charge in [-0.1, -0.05) is 50.2 Å². The van der Waals surface area contributed by atoms with E-state index in [4.69, 9.17) is 9.15 Å². The minimum atomic E-state index is -1.11. The molecule has 0 aliphatic carbocycles. The Labute approximate surface area is 257 Å². The van der Waals surface area contributed by atoms with Gasteiger partial charge >= 0.3 is 17.8 Å². The fourth-order valence-corrected chi connectivity index (χ4v) is 4.45. The number of carbonyl (C=O) groups is 4. The van der Waals surface area contributed by atoms with E-state index in [-0.39, 0.29) is 24.7 Å². The average Bonchev–Trinajstić information content (AvgIpc) is 3.70. The smallest absolute Gasteiger partial charge is 0.374 e. The van der Waals surface area contributed by atoms with Crippen LogP contribution in [0, 0.1) is 12.8 Å². The molecule has 0 aliphatic rings. The molecule has 3 amide bonds. The van der Waals surface area contributed by atoms with Gasteiger partial charge in [-0.3, -0.25) is 14.4 Å². The number of aromatic nitrogens is 4. The lowest BCUT2D eigenvalue weighted by molar-refractivity contribution is -0.137. The number of nitrogens with one attached hydrogen (secondary N) is 3. The Hall–Kier alpha value is -5.85. The highest BCUT2D eigenvalue weighted by Gasteiger charge is 2.26. The molecule has 5 rings (SSSR count). The first-order valence-electron chi connectivity index (χ1n) is 14.2. The third-order valence-electron chi connectivity index (χ3n) is 6.64. The quantitative estimate of drug-likeness (QED) is 0.157. The van der Waals surface area contributed by atoms with Gasteiger partial charge < -0.3 is 25.1 Å². The summed E-state index contributed by atoms with van der Waals surface area (Å²) >= 11 is 0. The molecule has 0 saturated heterocycles. The molecule has 45 heavy (non-hydrogen) atoms. The van der Waals surface area contributed by atoms with E-state index in [1.54, 1.807) is 30.3 Å². The molecule has 3 N–H and O–H groups in total. The summed E-state index contributed by atoms with van der Waals surface area (Å²) in [5, 5.41) is 19.6. The molecule has 2 aromatic heterocycles. The maximum Gasteiger partial charge on any atom is 0.374 e. The number of fused-ring (bicyclic) bond motifs is 1. The number of hydrogen-bond donors (Lipinski definition) is 3. The van der Waals surface area contributed by atoms with Crippen molar-refractivity contribution >= 4 is 46.0 Å². The van der Waals surface area contributed by atoms with Crippen LogP contribution < -0.4 is 16.0 Å². The highest BCUT2D eigenvalue weighted by Crippen LogP contribution is 2.24. The van der Waals surface area contributed by atoms with Crippen molar-refractivity contribution in [1.29, 1.82) is 0 Å². The molecule has 0 unspecified atom stereocenters. The summed E-state index contributed by atoms with van der Waals surface area (Å²) in [5.41, 5.74) is 3.21. The third-order valence-corrected chi connectivity index (χ3v) is 6.64. The summed E-state index contributed by atoms with van der Waals surface area (Å²) in [7, 11) is 0. The van der Waals surface area contributed by atoms with Crippen LogP contribution in [0.2, 0.25) is 0 Å². The van der Waals surface area contributed by atoms with E-state index >= 15 is 0 Å². The van der Waals surface area contributed by atoms with Crippen molar-refractivity contribution in [3.63, 3.8) is 0 Å². The van der Waals surface area contributed by atoms with Gasteiger partial charge in [-0.05, 0) is 70.8 Å². The topological polar surface area (TPSA) is 170 Å². The van der Waals surface area contributed by atoms with E-state index in [0.717, 1.165) is 11.1 Å². The number of ether oxygens (including phenoxy) is 1. The number of nitrogens with zero attached hydrogens (tertiary/aromatic N) is 4. The summed E-state index contributed by atoms with van der Waals surface area (Å²) in [4.78, 5) is 52.0. The van der Waals surface area contributed by atoms with E-state index in [0.29, 0.717) is 28.0 Å². The number of hydrogen-bond acceptors (Lipinski definition) is 9. The van der Waals surface area contributed by atoms with Crippen LogP contribution in [0.3, 0.4) is 0 Å². The number of tetrazole rings is 1. The van der Waals surface area contributed by atoms with Crippen molar-refractivity contribution < 1.29 is 28.3 Å². The zero-order valence-electron chi connectivity index (χ0n) is 24.8. The second kappa shape index (κ2) is 13.6. The normalized spacial score (nSPS) is 11.6. The van der Waals surface area contributed by atoms with Crippen LogP contribution in [-0.4, -0.2) is 56.5 Å². The van der Waals surface area contributed by atoms with Crippen LogP contribution in [0.1, 0.15) is 35.5 Å². The highest BCUT2D eigenvalue weighted by atomic mass is 16.5. The Bertz CT molecular complexity index is 1830. The molecule has 0 bridgehead atoms. The van der Waals surface area contributed by atoms with E-state index in [9.17, 15) is 19.2 Å². The van der Waals surface area contributed by atoms with Gasteiger partial charge in [-0.2, -0.15) is 4.68 Å². The van der Waals surface area contributed by atoms with Gasteiger partial charge in [0.15, 0.2) is 0 Å². The Kier molecular flexibility index (Phi) is 9.27. The molecule has 0 radical (unpaired) electrons. The molecule has 1 atom stereocenters. The van der Waals surface area contributed by atoms with Crippen molar-refractivity contribution in [2.45, 2.75) is 33.2 Å². The summed E-state index contributed by atoms with van der Waals surface area (Å²) < 4.78 is 12.2. The fourth-order valence-electron chi connectivity index (χ4n) is 4.45. The molecular formula is C32H31N7O6. The Morgan fingerprint density at radius 3 is 2.47 bits per heavy atom. The Morgan fingerprint density at radius 1 is 0.933 bits per heavy atom. The molecular weight excluding hydrogens is 578 g/mol. The van der Waals surface area contributed by atoms with E-state index in [1.165, 1.54) is 17.1 Å². The van der Waals surface area contributed by atoms with Gasteiger partial charge in [0.05, 0.1) is 18.0 Å². The zero-order valence-corrected chi connectivity index (χ0v) is 24.8. The molecule has 2 heterocycles. The number of carbonyl (C=O) groups excluding carboxylic acids is 4. The van der Waals surface area contributed by atoms with Crippen LogP contribution in [0.5, 0.6) is 0 Å². The largest absolute Gasteiger partial charge is 0.460 e. The maximum atomic E-state index is 13.5. The summed E-state index contributed by atoms with van der Waals surface area (Å²) in [6.07, 6.45) is 1.48. The van der Waals surface area contributed by atoms with Crippen molar-refractivity contribution in [3.05, 3.63) is 96.0 Å². The summed E-state index contributed by atoms with van der Waals surface area (Å²) in [5.74, 6) is -2.89. The lowest BCUT2D eigenvalue weighted by atomic mass is 10.0. The Morgan fingerprint density at radius 2 is 1.73 bits per heavy atom. The molecule has 13 heteroatoms. The van der Waals surface area contributed by atoms with Crippen LogP contribution >= 0.6 is 0 Å². The molecule has 13 nitrogen and oxygen atoms in total. The first-order valence-corrected chi connectivity index (χ1v) is 14.2. The number of benzene rings is 3. The fraction of sp³-hybridized carbons (Fsp3) is 0.219. The van der Waals surface area contributed by atoms with Crippen molar-refractivity contribution in [3.8, 4) is 5.69 Å². The molecule has 3 aromatic carbocycles. The maximum absolute atomic E-state index is 13.5. The standard InChI is InChI=1S/C32H31N7O6/c1-19(2)17-44-32(43)28-16-22-15-23(10-12-27(22)45-28)34-29(40)25(14-21-7-5-4-6-8-21)36-31(42)30(41)35-24-13-20(3)9-11-26(24)39-18-33-37-38-39/h4-13,15-16,18-19,25H,14,17H2,1-3H3,(H,34,40)(H,35,41)(H,36,42)/t25-/m0/s1. The minimum absolute atomic E-state index is 0.0474. The second-order valence-electron chi connectivity index (χ2n) is 10.8. The van der Waals surface area contributed by atoms with Gasteiger partial charge in [0.2, 0.25) is 11.7 Å². The predicted molar refractivity (Wildman–Crippen MR) is 165 cm³/mol. The summed E-state index contributed by atoms with van der Waals surface area (Å²) in [6, 6.07) is 19.6. The van der Waals surface area contributed by atoms with Gasteiger partial charge in [-0.25, -0.2) is 4.79 Å². The van der Waals surface area contributed by atoms with E-state index in [1.807, 2.05) is 57.2 Å². The number of esters is 1. The molecule has 0 aliphatic heterocycles. The van der Waals surface area contributed by atoms with Gasteiger partial charge in [0.1, 0.15) is 18.0 Å². The monoisotopic (exact) mass is 609 g/mol. The van der Waals surface area contributed by atoms with Crippen molar-refractivity contribution in [2.75, 3.05) is 17.2 Å². The molecule has 230 valence electrons. The molecule has 0 saturated carbocycles. The predicted octanol–water partition coefficient (Wildman–Crippen LogP) is 3.83. The first kappa shape index (κ1) is 30.6. The number of amides is 3. The molecule has 5 aromatic rings. The lowest BCUT2D eigenvalue weighted by Gasteiger charge is -2.19. The van der Waals surface area contributed by atoms with Gasteiger partial charge in [0, 0.05) is 17.5 Å². The number of anilines is 2. The number of aryl methyl sites for hydroxylation is 1. The molecule has 0 fully saturated rings. The number of rotatable bonds is 10. The molecule has 0 spiro atoms. The van der Waals surface area contributed by atoms with Crippen molar-refractivity contribution in [2.24, 2.45) is 5.92 Å². The van der Waals surface area contributed by atoms with Crippen LogP contribution in [-0.2, 0) is 25.5 Å². The van der Waals surface area contributed by atoms with Crippen molar-refractivity contribution in [1.82, 2.24) is 25.5 Å². The summed E-state index contributed by atoms with van der Waals surface area (Å²) in [6.45, 7) is 5.95. The Balaban J connectivity index is 1.31. The number of furan rings is 1. The average molecular weight is 610 g/mol.